The van der Waals surface area contributed by atoms with E-state index in [1.54, 1.807) is 0 Å². The van der Waals surface area contributed by atoms with Crippen molar-refractivity contribution in [3.05, 3.63) is 113 Å². The van der Waals surface area contributed by atoms with Gasteiger partial charge in [0.1, 0.15) is 5.30 Å². The van der Waals surface area contributed by atoms with Gasteiger partial charge in [-0.1, -0.05) is 59.7 Å². The largest absolute Gasteiger partial charge is 0.365 e. The predicted molar refractivity (Wildman–Crippen MR) is 190 cm³/mol. The van der Waals surface area contributed by atoms with E-state index in [0.717, 1.165) is 55.7 Å². The first-order valence-electron chi connectivity index (χ1n) is 15.5. The number of nitrogens with one attached hydrogen (secondary N) is 2. The Balaban J connectivity index is 1.65. The van der Waals surface area contributed by atoms with Crippen molar-refractivity contribution in [2.24, 2.45) is 0 Å². The second kappa shape index (κ2) is 12.2. The summed E-state index contributed by atoms with van der Waals surface area (Å²) >= 11 is 0. The molecule has 5 heterocycles. The van der Waals surface area contributed by atoms with Gasteiger partial charge in [-0.3, -0.25) is 4.57 Å². The molecule has 0 unspecified atom stereocenters. The first-order valence-corrected chi connectivity index (χ1v) is 17.1. The molecule has 46 heavy (non-hydrogen) atoms. The molecule has 7 rings (SSSR count). The minimum Gasteiger partial charge on any atom is -0.355 e. The van der Waals surface area contributed by atoms with Gasteiger partial charge in [-0.25, -0.2) is 9.97 Å². The van der Waals surface area contributed by atoms with Crippen LogP contribution in [0.25, 0.3) is 68.6 Å². The average Bonchev–Trinajstić information content (AvgIpc) is 3.86. The SMILES string of the molecule is CCOP(=O)(OCC)c1c2nc(c(-c3ccc(C)cc3)c3ccc(cc4ccc([nH]4)c(-c4ccc(C)cc4)c4nc1C=C4)[nH]3)C=C2. The number of hydrogen-bond donors (Lipinski definition) is 2. The van der Waals surface area contributed by atoms with Crippen LogP contribution < -0.4 is 5.30 Å². The molecule has 0 atom stereocenters. The Labute approximate surface area is 268 Å². The Morgan fingerprint density at radius 1 is 0.587 bits per heavy atom. The van der Waals surface area contributed by atoms with Crippen LogP contribution in [0.5, 0.6) is 0 Å². The molecule has 8 heteroatoms. The summed E-state index contributed by atoms with van der Waals surface area (Å²) in [4.78, 5) is 17.4. The third kappa shape index (κ3) is 5.58. The number of H-pyrrole nitrogens is 2. The Hall–Kier alpha value is -4.81. The average molecular weight is 627 g/mol. The van der Waals surface area contributed by atoms with Crippen LogP contribution in [0.1, 0.15) is 47.8 Å². The molecule has 0 aliphatic carbocycles. The van der Waals surface area contributed by atoms with E-state index < -0.39 is 7.60 Å². The lowest BCUT2D eigenvalue weighted by Gasteiger charge is -2.18. The van der Waals surface area contributed by atoms with Gasteiger partial charge in [0, 0.05) is 33.2 Å². The summed E-state index contributed by atoms with van der Waals surface area (Å²) < 4.78 is 26.5. The maximum absolute atomic E-state index is 14.6. The zero-order chi connectivity index (χ0) is 31.8. The molecule has 0 amide bonds. The number of rotatable bonds is 7. The summed E-state index contributed by atoms with van der Waals surface area (Å²) in [6.45, 7) is 8.17. The Kier molecular flexibility index (Phi) is 7.91. The molecule has 2 aliphatic rings. The summed E-state index contributed by atoms with van der Waals surface area (Å²) in [5.41, 5.74) is 12.4. The van der Waals surface area contributed by atoms with E-state index in [9.17, 15) is 4.57 Å². The van der Waals surface area contributed by atoms with E-state index >= 15 is 0 Å². The Morgan fingerprint density at radius 2 is 1.00 bits per heavy atom. The number of benzene rings is 2. The van der Waals surface area contributed by atoms with Crippen molar-refractivity contribution in [1.29, 1.82) is 0 Å². The number of fused-ring (bicyclic) bond motifs is 8. The topological polar surface area (TPSA) is 92.9 Å². The molecule has 3 aromatic heterocycles. The fraction of sp³-hybridized carbons (Fsp3) is 0.158. The van der Waals surface area contributed by atoms with E-state index in [0.29, 0.717) is 16.7 Å². The van der Waals surface area contributed by atoms with Crippen LogP contribution in [-0.2, 0) is 13.6 Å². The molecule has 0 saturated carbocycles. The van der Waals surface area contributed by atoms with E-state index in [2.05, 4.69) is 103 Å². The normalized spacial score (nSPS) is 12.6. The molecule has 5 aromatic rings. The van der Waals surface area contributed by atoms with Crippen LogP contribution in [-0.4, -0.2) is 33.1 Å². The third-order valence-electron chi connectivity index (χ3n) is 8.10. The smallest absolute Gasteiger partial charge is 0.355 e. The number of nitrogens with zero attached hydrogens (tertiary/aromatic N) is 2. The number of aromatic amines is 2. The van der Waals surface area contributed by atoms with Crippen LogP contribution in [0, 0.1) is 13.8 Å². The molecule has 0 radical (unpaired) electrons. The fourth-order valence-electron chi connectivity index (χ4n) is 5.96. The molecule has 2 N–H and O–H groups in total. The highest BCUT2D eigenvalue weighted by atomic mass is 31.2. The minimum absolute atomic E-state index is 0.205. The van der Waals surface area contributed by atoms with Crippen molar-refractivity contribution in [1.82, 2.24) is 19.9 Å². The van der Waals surface area contributed by atoms with Crippen molar-refractivity contribution >= 4 is 59.3 Å². The van der Waals surface area contributed by atoms with Crippen LogP contribution in [0.3, 0.4) is 0 Å². The Bertz CT molecular complexity index is 2070. The molecule has 8 bridgehead atoms. The molecular weight excluding hydrogens is 591 g/mol. The quantitative estimate of drug-likeness (QED) is 0.172. The van der Waals surface area contributed by atoms with E-state index in [1.165, 1.54) is 11.1 Å². The molecular formula is C38H35N4O3P. The lowest BCUT2D eigenvalue weighted by atomic mass is 10.0. The van der Waals surface area contributed by atoms with Gasteiger partial charge in [-0.05, 0) is 93.5 Å². The number of aromatic nitrogens is 4. The maximum atomic E-state index is 14.6. The summed E-state index contributed by atoms with van der Waals surface area (Å²) in [5.74, 6) is 0. The minimum atomic E-state index is -3.83. The van der Waals surface area contributed by atoms with Crippen LogP contribution in [0.2, 0.25) is 0 Å². The van der Waals surface area contributed by atoms with Crippen molar-refractivity contribution in [2.45, 2.75) is 27.7 Å². The molecule has 2 aliphatic heterocycles. The molecule has 0 saturated heterocycles. The lowest BCUT2D eigenvalue weighted by Crippen LogP contribution is -2.17. The van der Waals surface area contributed by atoms with Gasteiger partial charge in [-0.2, -0.15) is 0 Å². The van der Waals surface area contributed by atoms with Crippen LogP contribution in [0.4, 0.5) is 0 Å². The highest BCUT2D eigenvalue weighted by Crippen LogP contribution is 2.49. The summed E-state index contributed by atoms with van der Waals surface area (Å²) in [6, 6.07) is 27.1. The van der Waals surface area contributed by atoms with Gasteiger partial charge in [0.2, 0.25) is 0 Å². The number of hydrogen-bond acceptors (Lipinski definition) is 5. The second-order valence-corrected chi connectivity index (χ2v) is 13.4. The van der Waals surface area contributed by atoms with Gasteiger partial charge in [0.25, 0.3) is 0 Å². The zero-order valence-corrected chi connectivity index (χ0v) is 27.2. The van der Waals surface area contributed by atoms with Gasteiger partial charge in [0.15, 0.2) is 0 Å². The predicted octanol–water partition coefficient (Wildman–Crippen LogP) is 9.50. The van der Waals surface area contributed by atoms with Crippen molar-refractivity contribution in [3.63, 3.8) is 0 Å². The first-order chi connectivity index (χ1) is 22.3. The van der Waals surface area contributed by atoms with Gasteiger partial charge in [0.05, 0.1) is 36.0 Å². The summed E-state index contributed by atoms with van der Waals surface area (Å²) in [5, 5.41) is 0.347. The Morgan fingerprint density at radius 3 is 1.41 bits per heavy atom. The van der Waals surface area contributed by atoms with Crippen LogP contribution >= 0.6 is 7.60 Å². The molecule has 0 fully saturated rings. The molecule has 2 aromatic carbocycles. The number of aryl methyl sites for hydroxylation is 2. The van der Waals surface area contributed by atoms with E-state index in [4.69, 9.17) is 19.0 Å². The molecule has 7 nitrogen and oxygen atoms in total. The van der Waals surface area contributed by atoms with Crippen LogP contribution in [0.15, 0.2) is 78.9 Å². The maximum Gasteiger partial charge on any atom is 0.365 e. The fourth-order valence-corrected chi connectivity index (χ4v) is 7.78. The van der Waals surface area contributed by atoms with Crippen molar-refractivity contribution in [2.75, 3.05) is 13.2 Å². The highest BCUT2D eigenvalue weighted by Gasteiger charge is 2.34. The summed E-state index contributed by atoms with van der Waals surface area (Å²) in [6.07, 6.45) is 7.68. The lowest BCUT2D eigenvalue weighted by molar-refractivity contribution is 0.229. The molecule has 0 spiro atoms. The third-order valence-corrected chi connectivity index (χ3v) is 10.3. The van der Waals surface area contributed by atoms with Crippen molar-refractivity contribution < 1.29 is 13.6 Å². The standard InChI is InChI=1S/C38H35N4O3P/c1-5-44-46(43,45-6-2)38-34-21-19-32(41-34)36(26-11-7-24(3)8-12-26)30-17-15-28(39-30)23-29-16-18-31(40-29)37(33-20-22-35(38)42-33)27-13-9-25(4)10-14-27/h7-23,39-40H,5-6H2,1-4H3. The molecule has 230 valence electrons. The zero-order valence-electron chi connectivity index (χ0n) is 26.3. The second-order valence-electron chi connectivity index (χ2n) is 11.4. The van der Waals surface area contributed by atoms with Gasteiger partial charge in [-0.15, -0.1) is 0 Å². The first kappa shape index (κ1) is 29.9. The monoisotopic (exact) mass is 626 g/mol. The van der Waals surface area contributed by atoms with Gasteiger partial charge >= 0.3 is 7.60 Å². The van der Waals surface area contributed by atoms with E-state index in [1.807, 2.05) is 38.2 Å². The van der Waals surface area contributed by atoms with Gasteiger partial charge < -0.3 is 19.0 Å². The highest BCUT2D eigenvalue weighted by molar-refractivity contribution is 7.62. The van der Waals surface area contributed by atoms with E-state index in [-0.39, 0.29) is 13.2 Å². The summed E-state index contributed by atoms with van der Waals surface area (Å²) in [7, 11) is -3.83. The van der Waals surface area contributed by atoms with Crippen molar-refractivity contribution in [3.8, 4) is 22.3 Å².